The number of benzene rings is 3. The number of carbonyl (C=O) groups is 1. The van der Waals surface area contributed by atoms with E-state index in [-0.39, 0.29) is 6.54 Å². The summed E-state index contributed by atoms with van der Waals surface area (Å²) in [6.45, 7) is 1.97. The standard InChI is InChI=1S/C25H20ClN5O2/c1-16-28-29-24-23(30(25(32)33)15-17-11-13-19(26)14-12-17)27-22(18-7-3-2-4-8-18)20-9-5-6-10-21(20)31(16)24/h2-14,23H,15H2,1H3,(H,32,33). The quantitative estimate of drug-likeness (QED) is 0.453. The highest BCUT2D eigenvalue weighted by molar-refractivity contribution is 6.30. The summed E-state index contributed by atoms with van der Waals surface area (Å²) in [5, 5.41) is 19.4. The van der Waals surface area contributed by atoms with Crippen molar-refractivity contribution in [3.8, 4) is 5.69 Å². The maximum absolute atomic E-state index is 12.5. The minimum Gasteiger partial charge on any atom is -0.465 e. The number of aliphatic imine (C=N–C) groups is 1. The van der Waals surface area contributed by atoms with Gasteiger partial charge in [0.25, 0.3) is 0 Å². The third kappa shape index (κ3) is 3.87. The molecule has 5 rings (SSSR count). The third-order valence-corrected chi connectivity index (χ3v) is 5.84. The van der Waals surface area contributed by atoms with Crippen molar-refractivity contribution < 1.29 is 9.90 Å². The van der Waals surface area contributed by atoms with Crippen LogP contribution in [0.25, 0.3) is 5.69 Å². The Bertz CT molecular complexity index is 1350. The number of halogens is 1. The highest BCUT2D eigenvalue weighted by Gasteiger charge is 2.34. The first-order valence-electron chi connectivity index (χ1n) is 10.4. The van der Waals surface area contributed by atoms with Crippen LogP contribution in [0, 0.1) is 6.92 Å². The molecule has 0 saturated carbocycles. The van der Waals surface area contributed by atoms with Crippen molar-refractivity contribution in [1.29, 1.82) is 0 Å². The number of hydrogen-bond acceptors (Lipinski definition) is 4. The molecule has 1 aliphatic heterocycles. The van der Waals surface area contributed by atoms with Gasteiger partial charge in [0.1, 0.15) is 5.82 Å². The molecule has 4 aromatic rings. The summed E-state index contributed by atoms with van der Waals surface area (Å²) in [5.74, 6) is 1.10. The van der Waals surface area contributed by atoms with E-state index in [2.05, 4.69) is 10.2 Å². The van der Waals surface area contributed by atoms with Crippen LogP contribution in [0.1, 0.15) is 34.5 Å². The molecule has 0 fully saturated rings. The first kappa shape index (κ1) is 20.9. The monoisotopic (exact) mass is 457 g/mol. The lowest BCUT2D eigenvalue weighted by atomic mass is 10.0. The van der Waals surface area contributed by atoms with Gasteiger partial charge < -0.3 is 5.11 Å². The summed E-state index contributed by atoms with van der Waals surface area (Å²) in [6.07, 6.45) is -2.01. The minimum absolute atomic E-state index is 0.116. The van der Waals surface area contributed by atoms with Crippen molar-refractivity contribution >= 4 is 23.4 Å². The number of para-hydroxylation sites is 1. The average Bonchev–Trinajstić information content (AvgIpc) is 3.14. The fourth-order valence-electron chi connectivity index (χ4n) is 4.04. The van der Waals surface area contributed by atoms with Crippen molar-refractivity contribution in [2.24, 2.45) is 4.99 Å². The number of hydrogen-bond donors (Lipinski definition) is 1. The largest absolute Gasteiger partial charge is 0.465 e. The molecule has 0 radical (unpaired) electrons. The van der Waals surface area contributed by atoms with Crippen molar-refractivity contribution in [2.45, 2.75) is 19.6 Å². The molecule has 33 heavy (non-hydrogen) atoms. The number of amides is 1. The zero-order chi connectivity index (χ0) is 22.9. The van der Waals surface area contributed by atoms with Crippen LogP contribution in [0.3, 0.4) is 0 Å². The lowest BCUT2D eigenvalue weighted by Crippen LogP contribution is -2.34. The Hall–Kier alpha value is -3.97. The van der Waals surface area contributed by atoms with Gasteiger partial charge in [-0.15, -0.1) is 10.2 Å². The maximum Gasteiger partial charge on any atom is 0.409 e. The lowest BCUT2D eigenvalue weighted by Gasteiger charge is -2.26. The second-order valence-corrected chi connectivity index (χ2v) is 8.15. The summed E-state index contributed by atoms with van der Waals surface area (Å²) < 4.78 is 1.89. The van der Waals surface area contributed by atoms with E-state index in [1.807, 2.05) is 78.2 Å². The van der Waals surface area contributed by atoms with Crippen LogP contribution in [0.2, 0.25) is 5.02 Å². The van der Waals surface area contributed by atoms with Crippen molar-refractivity contribution in [1.82, 2.24) is 19.7 Å². The summed E-state index contributed by atoms with van der Waals surface area (Å²) in [5.41, 5.74) is 4.12. The van der Waals surface area contributed by atoms with E-state index < -0.39 is 12.3 Å². The molecule has 164 valence electrons. The van der Waals surface area contributed by atoms with Gasteiger partial charge in [0.05, 0.1) is 17.9 Å². The molecule has 1 aliphatic rings. The van der Waals surface area contributed by atoms with Gasteiger partial charge in [-0.2, -0.15) is 0 Å². The van der Waals surface area contributed by atoms with E-state index >= 15 is 0 Å². The van der Waals surface area contributed by atoms with Gasteiger partial charge in [-0.05, 0) is 30.7 Å². The Morgan fingerprint density at radius 3 is 2.42 bits per heavy atom. The fraction of sp³-hybridized carbons (Fsp3) is 0.120. The maximum atomic E-state index is 12.5. The van der Waals surface area contributed by atoms with Crippen molar-refractivity contribution in [3.63, 3.8) is 0 Å². The second kappa shape index (κ2) is 8.52. The number of aromatic nitrogens is 3. The Kier molecular flexibility index (Phi) is 5.40. The fourth-order valence-corrected chi connectivity index (χ4v) is 4.17. The Labute approximate surface area is 195 Å². The first-order chi connectivity index (χ1) is 16.0. The zero-order valence-electron chi connectivity index (χ0n) is 17.8. The molecule has 0 bridgehead atoms. The van der Waals surface area contributed by atoms with E-state index in [4.69, 9.17) is 16.6 Å². The SMILES string of the molecule is Cc1nnc2n1-c1ccccc1C(c1ccccc1)=NC2N(Cc1ccc(Cl)cc1)C(=O)O. The van der Waals surface area contributed by atoms with E-state index in [0.717, 1.165) is 22.4 Å². The van der Waals surface area contributed by atoms with Crippen molar-refractivity contribution in [2.75, 3.05) is 0 Å². The molecule has 0 saturated heterocycles. The number of aryl methyl sites for hydroxylation is 1. The van der Waals surface area contributed by atoms with Crippen LogP contribution in [0.4, 0.5) is 4.79 Å². The van der Waals surface area contributed by atoms with Gasteiger partial charge in [-0.1, -0.05) is 72.3 Å². The molecule has 1 amide bonds. The summed E-state index contributed by atoms with van der Waals surface area (Å²) >= 11 is 6.02. The molecular formula is C25H20ClN5O2. The van der Waals surface area contributed by atoms with Gasteiger partial charge in [0.15, 0.2) is 12.0 Å². The Morgan fingerprint density at radius 1 is 1.00 bits per heavy atom. The molecule has 0 aliphatic carbocycles. The van der Waals surface area contributed by atoms with E-state index in [1.54, 1.807) is 12.1 Å². The minimum atomic E-state index is -1.11. The highest BCUT2D eigenvalue weighted by Crippen LogP contribution is 2.33. The molecule has 1 unspecified atom stereocenters. The third-order valence-electron chi connectivity index (χ3n) is 5.59. The highest BCUT2D eigenvalue weighted by atomic mass is 35.5. The number of nitrogens with zero attached hydrogens (tertiary/aromatic N) is 5. The molecular weight excluding hydrogens is 438 g/mol. The van der Waals surface area contributed by atoms with Crippen LogP contribution in [-0.4, -0.2) is 36.6 Å². The number of fused-ring (bicyclic) bond motifs is 3. The zero-order valence-corrected chi connectivity index (χ0v) is 18.5. The van der Waals surface area contributed by atoms with Gasteiger partial charge in [0.2, 0.25) is 0 Å². The predicted molar refractivity (Wildman–Crippen MR) is 126 cm³/mol. The molecule has 0 spiro atoms. The van der Waals surface area contributed by atoms with E-state index in [1.165, 1.54) is 4.90 Å². The van der Waals surface area contributed by atoms with Crippen LogP contribution in [-0.2, 0) is 6.54 Å². The van der Waals surface area contributed by atoms with Crippen molar-refractivity contribution in [3.05, 3.63) is 112 Å². The lowest BCUT2D eigenvalue weighted by molar-refractivity contribution is 0.119. The van der Waals surface area contributed by atoms with Crippen LogP contribution < -0.4 is 0 Å². The van der Waals surface area contributed by atoms with Gasteiger partial charge >= 0.3 is 6.09 Å². The average molecular weight is 458 g/mol. The van der Waals surface area contributed by atoms with Gasteiger partial charge in [-0.25, -0.2) is 4.79 Å². The molecule has 3 aromatic carbocycles. The smallest absolute Gasteiger partial charge is 0.409 e. The number of rotatable bonds is 4. The van der Waals surface area contributed by atoms with Crippen LogP contribution in [0.5, 0.6) is 0 Å². The van der Waals surface area contributed by atoms with Crippen LogP contribution in [0.15, 0.2) is 83.9 Å². The molecule has 2 heterocycles. The van der Waals surface area contributed by atoms with Gasteiger partial charge in [0, 0.05) is 16.1 Å². The summed E-state index contributed by atoms with van der Waals surface area (Å²) in [6, 6.07) is 24.7. The second-order valence-electron chi connectivity index (χ2n) is 7.71. The van der Waals surface area contributed by atoms with E-state index in [9.17, 15) is 9.90 Å². The Morgan fingerprint density at radius 2 is 1.70 bits per heavy atom. The molecule has 7 nitrogen and oxygen atoms in total. The number of carboxylic acid groups (broad SMARTS) is 1. The van der Waals surface area contributed by atoms with Gasteiger partial charge in [-0.3, -0.25) is 14.5 Å². The molecule has 1 N–H and O–H groups in total. The topological polar surface area (TPSA) is 83.6 Å². The molecule has 8 heteroatoms. The van der Waals surface area contributed by atoms with E-state index in [0.29, 0.717) is 22.4 Å². The molecule has 1 atom stereocenters. The Balaban J connectivity index is 1.72. The van der Waals surface area contributed by atoms with Crippen LogP contribution >= 0.6 is 11.6 Å². The predicted octanol–water partition coefficient (Wildman–Crippen LogP) is 5.26. The first-order valence-corrected chi connectivity index (χ1v) is 10.8. The normalized spacial score (nSPS) is 14.6. The summed E-state index contributed by atoms with van der Waals surface area (Å²) in [7, 11) is 0. The molecule has 1 aromatic heterocycles. The summed E-state index contributed by atoms with van der Waals surface area (Å²) in [4.78, 5) is 18.8.